The first-order valence-corrected chi connectivity index (χ1v) is 9.31. The number of hydrogen-bond donors (Lipinski definition) is 0. The van der Waals surface area contributed by atoms with E-state index in [4.69, 9.17) is 0 Å². The molecule has 1 amide bonds. The van der Waals surface area contributed by atoms with Crippen molar-refractivity contribution in [1.82, 2.24) is 4.90 Å². The van der Waals surface area contributed by atoms with Crippen LogP contribution in [-0.4, -0.2) is 23.9 Å². The molecule has 0 saturated heterocycles. The van der Waals surface area contributed by atoms with E-state index in [9.17, 15) is 4.79 Å². The molecule has 0 N–H and O–H groups in total. The van der Waals surface area contributed by atoms with Crippen LogP contribution in [0.15, 0.2) is 48.5 Å². The standard InChI is InChI=1S/C23H29NO/c1-16-9-5-7-11-22(16)19-13-20(23-12-8-6-10-17(23)2)15-21(14-19)24(4)18(3)25/h5-12,19-21H,13-15H2,1-4H3. The lowest BCUT2D eigenvalue weighted by Gasteiger charge is -2.40. The Balaban J connectivity index is 1.95. The minimum absolute atomic E-state index is 0.166. The van der Waals surface area contributed by atoms with Crippen LogP contribution in [0.3, 0.4) is 0 Å². The molecule has 0 aliphatic heterocycles. The zero-order valence-electron chi connectivity index (χ0n) is 15.8. The Morgan fingerprint density at radius 3 is 1.68 bits per heavy atom. The molecule has 2 nitrogen and oxygen atoms in total. The number of hydrogen-bond acceptors (Lipinski definition) is 1. The van der Waals surface area contributed by atoms with Crippen LogP contribution in [0.5, 0.6) is 0 Å². The summed E-state index contributed by atoms with van der Waals surface area (Å²) < 4.78 is 0. The van der Waals surface area contributed by atoms with Crippen molar-refractivity contribution < 1.29 is 4.79 Å². The molecule has 2 unspecified atom stereocenters. The van der Waals surface area contributed by atoms with Crippen LogP contribution < -0.4 is 0 Å². The molecule has 0 heterocycles. The summed E-state index contributed by atoms with van der Waals surface area (Å²) in [6.45, 7) is 6.09. The topological polar surface area (TPSA) is 20.3 Å². The van der Waals surface area contributed by atoms with E-state index in [2.05, 4.69) is 62.4 Å². The maximum absolute atomic E-state index is 12.0. The molecule has 132 valence electrons. The molecule has 1 aliphatic rings. The maximum atomic E-state index is 12.0. The van der Waals surface area contributed by atoms with Gasteiger partial charge in [0, 0.05) is 20.0 Å². The van der Waals surface area contributed by atoms with Crippen LogP contribution in [0.4, 0.5) is 0 Å². The summed E-state index contributed by atoms with van der Waals surface area (Å²) >= 11 is 0. The average molecular weight is 335 g/mol. The Morgan fingerprint density at radius 2 is 1.28 bits per heavy atom. The first-order valence-electron chi connectivity index (χ1n) is 9.31. The maximum Gasteiger partial charge on any atom is 0.219 e. The molecule has 1 aliphatic carbocycles. The summed E-state index contributed by atoms with van der Waals surface area (Å²) in [5.41, 5.74) is 5.62. The summed E-state index contributed by atoms with van der Waals surface area (Å²) in [5.74, 6) is 1.18. The Morgan fingerprint density at radius 1 is 0.840 bits per heavy atom. The lowest BCUT2D eigenvalue weighted by Crippen LogP contribution is -2.40. The van der Waals surface area contributed by atoms with Crippen molar-refractivity contribution in [3.63, 3.8) is 0 Å². The molecule has 0 spiro atoms. The third kappa shape index (κ3) is 3.78. The van der Waals surface area contributed by atoms with Gasteiger partial charge in [0.25, 0.3) is 0 Å². The molecular formula is C23H29NO. The number of nitrogens with zero attached hydrogens (tertiary/aromatic N) is 1. The van der Waals surface area contributed by atoms with E-state index in [1.807, 2.05) is 11.9 Å². The second kappa shape index (κ2) is 7.43. The highest BCUT2D eigenvalue weighted by Gasteiger charge is 2.34. The van der Waals surface area contributed by atoms with Crippen molar-refractivity contribution in [2.24, 2.45) is 0 Å². The minimum atomic E-state index is 0.166. The SMILES string of the molecule is CC(=O)N(C)C1CC(c2ccccc2C)CC(c2ccccc2C)C1. The van der Waals surface area contributed by atoms with Gasteiger partial charge in [-0.1, -0.05) is 48.5 Å². The first-order chi connectivity index (χ1) is 12.0. The lowest BCUT2D eigenvalue weighted by molar-refractivity contribution is -0.130. The third-order valence-corrected chi connectivity index (χ3v) is 5.98. The number of rotatable bonds is 3. The number of amides is 1. The van der Waals surface area contributed by atoms with Crippen molar-refractivity contribution in [3.05, 3.63) is 70.8 Å². The van der Waals surface area contributed by atoms with Crippen molar-refractivity contribution in [3.8, 4) is 0 Å². The second-order valence-electron chi connectivity index (χ2n) is 7.60. The van der Waals surface area contributed by atoms with Crippen LogP contribution in [0.2, 0.25) is 0 Å². The monoisotopic (exact) mass is 335 g/mol. The molecule has 2 aromatic carbocycles. The Kier molecular flexibility index (Phi) is 5.27. The summed E-state index contributed by atoms with van der Waals surface area (Å²) in [7, 11) is 1.96. The van der Waals surface area contributed by atoms with Gasteiger partial charge in [0.15, 0.2) is 0 Å². The molecule has 2 heteroatoms. The van der Waals surface area contributed by atoms with Gasteiger partial charge < -0.3 is 4.90 Å². The molecule has 0 radical (unpaired) electrons. The van der Waals surface area contributed by atoms with E-state index in [0.717, 1.165) is 19.3 Å². The van der Waals surface area contributed by atoms with Crippen LogP contribution >= 0.6 is 0 Å². The minimum Gasteiger partial charge on any atom is -0.343 e. The first kappa shape index (κ1) is 17.7. The van der Waals surface area contributed by atoms with E-state index < -0.39 is 0 Å². The van der Waals surface area contributed by atoms with Crippen LogP contribution in [0.1, 0.15) is 60.3 Å². The average Bonchev–Trinajstić information content (AvgIpc) is 2.61. The quantitative estimate of drug-likeness (QED) is 0.755. The van der Waals surface area contributed by atoms with Gasteiger partial charge in [-0.2, -0.15) is 0 Å². The predicted octanol–water partition coefficient (Wildman–Crippen LogP) is 5.20. The van der Waals surface area contributed by atoms with Crippen molar-refractivity contribution in [2.75, 3.05) is 7.05 Å². The molecule has 25 heavy (non-hydrogen) atoms. The van der Waals surface area contributed by atoms with E-state index in [0.29, 0.717) is 17.9 Å². The van der Waals surface area contributed by atoms with Gasteiger partial charge in [-0.25, -0.2) is 0 Å². The van der Waals surface area contributed by atoms with Crippen molar-refractivity contribution >= 4 is 5.91 Å². The number of carbonyl (C=O) groups excluding carboxylic acids is 1. The smallest absolute Gasteiger partial charge is 0.219 e. The highest BCUT2D eigenvalue weighted by atomic mass is 16.2. The number of aryl methyl sites for hydroxylation is 2. The predicted molar refractivity (Wildman–Crippen MR) is 104 cm³/mol. The van der Waals surface area contributed by atoms with Gasteiger partial charge in [-0.05, 0) is 67.2 Å². The highest BCUT2D eigenvalue weighted by molar-refractivity contribution is 5.73. The second-order valence-corrected chi connectivity index (χ2v) is 7.60. The largest absolute Gasteiger partial charge is 0.343 e. The molecule has 0 aromatic heterocycles. The summed E-state index contributed by atoms with van der Waals surface area (Å²) in [5, 5.41) is 0. The fourth-order valence-corrected chi connectivity index (χ4v) is 4.46. The third-order valence-electron chi connectivity index (χ3n) is 5.98. The Bertz CT molecular complexity index is 698. The van der Waals surface area contributed by atoms with Gasteiger partial charge in [-0.15, -0.1) is 0 Å². The number of benzene rings is 2. The normalized spacial score (nSPS) is 23.3. The molecule has 1 saturated carbocycles. The van der Waals surface area contributed by atoms with Crippen molar-refractivity contribution in [2.45, 2.75) is 57.9 Å². The van der Waals surface area contributed by atoms with Crippen LogP contribution in [-0.2, 0) is 4.79 Å². The van der Waals surface area contributed by atoms with Gasteiger partial charge in [0.1, 0.15) is 0 Å². The van der Waals surface area contributed by atoms with Crippen LogP contribution in [0.25, 0.3) is 0 Å². The zero-order chi connectivity index (χ0) is 18.0. The van der Waals surface area contributed by atoms with Gasteiger partial charge in [-0.3, -0.25) is 4.79 Å². The zero-order valence-corrected chi connectivity index (χ0v) is 15.8. The number of carbonyl (C=O) groups is 1. The Labute approximate surface area is 151 Å². The fraction of sp³-hybridized carbons (Fsp3) is 0.435. The van der Waals surface area contributed by atoms with E-state index in [1.165, 1.54) is 22.3 Å². The highest BCUT2D eigenvalue weighted by Crippen LogP contribution is 2.44. The van der Waals surface area contributed by atoms with Gasteiger partial charge >= 0.3 is 0 Å². The van der Waals surface area contributed by atoms with Gasteiger partial charge in [0.2, 0.25) is 5.91 Å². The molecular weight excluding hydrogens is 306 g/mol. The lowest BCUT2D eigenvalue weighted by atomic mass is 9.71. The fourth-order valence-electron chi connectivity index (χ4n) is 4.46. The van der Waals surface area contributed by atoms with E-state index >= 15 is 0 Å². The molecule has 3 rings (SSSR count). The van der Waals surface area contributed by atoms with E-state index in [1.54, 1.807) is 6.92 Å². The summed E-state index contributed by atoms with van der Waals surface area (Å²) in [4.78, 5) is 13.9. The van der Waals surface area contributed by atoms with Crippen LogP contribution in [0, 0.1) is 13.8 Å². The Hall–Kier alpha value is -2.09. The molecule has 2 aromatic rings. The van der Waals surface area contributed by atoms with E-state index in [-0.39, 0.29) is 5.91 Å². The summed E-state index contributed by atoms with van der Waals surface area (Å²) in [6.07, 6.45) is 3.28. The van der Waals surface area contributed by atoms with Gasteiger partial charge in [0.05, 0.1) is 0 Å². The summed E-state index contributed by atoms with van der Waals surface area (Å²) in [6, 6.07) is 17.8. The molecule has 2 atom stereocenters. The molecule has 1 fully saturated rings. The molecule has 0 bridgehead atoms. The van der Waals surface area contributed by atoms with Crippen molar-refractivity contribution in [1.29, 1.82) is 0 Å².